The largest absolute Gasteiger partial charge is 0.353 e. The van der Waals surface area contributed by atoms with Crippen LogP contribution in [0, 0.1) is 0 Å². The second-order valence-electron chi connectivity index (χ2n) is 6.93. The Labute approximate surface area is 178 Å². The number of carbonyl (C=O) groups is 1. The molecular weight excluding hydrogens is 401 g/mol. The number of halogens is 2. The molecular formula is C20H29Cl2N3OS. The van der Waals surface area contributed by atoms with Crippen molar-refractivity contribution in [3.8, 4) is 0 Å². The Kier molecular flexibility index (Phi) is 9.77. The highest BCUT2D eigenvalue weighted by molar-refractivity contribution is 7.10. The van der Waals surface area contributed by atoms with Crippen LogP contribution in [0.25, 0.3) is 0 Å². The number of hydrogen-bond acceptors (Lipinski definition) is 4. The van der Waals surface area contributed by atoms with Gasteiger partial charge in [0.05, 0.1) is 12.6 Å². The fraction of sp³-hybridized carbons (Fsp3) is 0.450. The zero-order chi connectivity index (χ0) is 17.8. The summed E-state index contributed by atoms with van der Waals surface area (Å²) in [6.45, 7) is 6.99. The molecule has 0 saturated heterocycles. The maximum atomic E-state index is 11.7. The molecule has 1 atom stereocenters. The highest BCUT2D eigenvalue weighted by Crippen LogP contribution is 2.30. The third kappa shape index (κ3) is 5.93. The van der Waals surface area contributed by atoms with Gasteiger partial charge in [-0.3, -0.25) is 9.69 Å². The lowest BCUT2D eigenvalue weighted by Crippen LogP contribution is -2.41. The van der Waals surface area contributed by atoms with Crippen LogP contribution < -0.4 is 11.1 Å². The van der Waals surface area contributed by atoms with Gasteiger partial charge < -0.3 is 11.1 Å². The Morgan fingerprint density at radius 1 is 1.19 bits per heavy atom. The van der Waals surface area contributed by atoms with Crippen LogP contribution in [-0.4, -0.2) is 30.4 Å². The Morgan fingerprint density at radius 3 is 2.48 bits per heavy atom. The zero-order valence-electron chi connectivity index (χ0n) is 15.8. The van der Waals surface area contributed by atoms with Crippen LogP contribution in [0.1, 0.15) is 47.4 Å². The van der Waals surface area contributed by atoms with Crippen molar-refractivity contribution in [1.82, 2.24) is 10.2 Å². The van der Waals surface area contributed by atoms with E-state index in [0.717, 1.165) is 19.5 Å². The van der Waals surface area contributed by atoms with Crippen LogP contribution in [0.3, 0.4) is 0 Å². The van der Waals surface area contributed by atoms with E-state index < -0.39 is 0 Å². The minimum Gasteiger partial charge on any atom is -0.353 e. The Hall–Kier alpha value is -1.11. The minimum absolute atomic E-state index is 0. The average molecular weight is 430 g/mol. The number of benzene rings is 1. The van der Waals surface area contributed by atoms with Crippen LogP contribution in [-0.2, 0) is 17.8 Å². The lowest BCUT2D eigenvalue weighted by Gasteiger charge is -2.35. The van der Waals surface area contributed by atoms with E-state index in [2.05, 4.69) is 59.8 Å². The van der Waals surface area contributed by atoms with Crippen molar-refractivity contribution in [3.63, 3.8) is 0 Å². The van der Waals surface area contributed by atoms with Crippen molar-refractivity contribution in [3.05, 3.63) is 57.3 Å². The summed E-state index contributed by atoms with van der Waals surface area (Å²) in [5.74, 6) is 0.421. The molecule has 1 aliphatic heterocycles. The topological polar surface area (TPSA) is 58.4 Å². The summed E-state index contributed by atoms with van der Waals surface area (Å²) in [5, 5.41) is 5.16. The molecule has 27 heavy (non-hydrogen) atoms. The first kappa shape index (κ1) is 23.9. The van der Waals surface area contributed by atoms with Gasteiger partial charge in [0.2, 0.25) is 5.91 Å². The van der Waals surface area contributed by atoms with Crippen molar-refractivity contribution in [2.75, 3.05) is 19.6 Å². The molecule has 0 bridgehead atoms. The molecule has 150 valence electrons. The Morgan fingerprint density at radius 2 is 1.85 bits per heavy atom. The number of hydrogen-bond donors (Lipinski definition) is 2. The molecule has 1 aliphatic rings. The van der Waals surface area contributed by atoms with E-state index in [4.69, 9.17) is 5.73 Å². The lowest BCUT2D eigenvalue weighted by molar-refractivity contribution is -0.120. The van der Waals surface area contributed by atoms with E-state index in [1.807, 2.05) is 11.3 Å². The number of carbonyl (C=O) groups excluding carboxylic acids is 1. The maximum Gasteiger partial charge on any atom is 0.233 e. The highest BCUT2D eigenvalue weighted by Gasteiger charge is 2.25. The van der Waals surface area contributed by atoms with Gasteiger partial charge in [0, 0.05) is 24.5 Å². The summed E-state index contributed by atoms with van der Waals surface area (Å²) in [4.78, 5) is 15.6. The van der Waals surface area contributed by atoms with Crippen molar-refractivity contribution < 1.29 is 4.79 Å². The first-order chi connectivity index (χ1) is 12.1. The number of rotatable bonds is 6. The number of thiophene rings is 1. The Balaban J connectivity index is 0.00000182. The van der Waals surface area contributed by atoms with Gasteiger partial charge in [-0.2, -0.15) is 0 Å². The van der Waals surface area contributed by atoms with E-state index in [1.165, 1.54) is 21.6 Å². The van der Waals surface area contributed by atoms with Gasteiger partial charge in [-0.1, -0.05) is 38.1 Å². The highest BCUT2D eigenvalue weighted by atomic mass is 35.5. The molecule has 4 nitrogen and oxygen atoms in total. The predicted molar refractivity (Wildman–Crippen MR) is 118 cm³/mol. The van der Waals surface area contributed by atoms with E-state index in [-0.39, 0.29) is 43.3 Å². The molecule has 0 spiro atoms. The summed E-state index contributed by atoms with van der Waals surface area (Å²) < 4.78 is 0. The number of amides is 1. The molecule has 3 N–H and O–H groups in total. The second-order valence-corrected chi connectivity index (χ2v) is 7.94. The smallest absolute Gasteiger partial charge is 0.233 e. The van der Waals surface area contributed by atoms with E-state index in [1.54, 1.807) is 0 Å². The summed E-state index contributed by atoms with van der Waals surface area (Å²) in [5.41, 5.74) is 9.47. The summed E-state index contributed by atoms with van der Waals surface area (Å²) in [6.07, 6.45) is 1.08. The van der Waals surface area contributed by atoms with Crippen LogP contribution in [0.2, 0.25) is 0 Å². The number of fused-ring (bicyclic) bond motifs is 1. The van der Waals surface area contributed by atoms with Gasteiger partial charge in [-0.25, -0.2) is 0 Å². The fourth-order valence-electron chi connectivity index (χ4n) is 3.38. The first-order valence-corrected chi connectivity index (χ1v) is 9.82. The number of nitrogens with one attached hydrogen (secondary N) is 1. The van der Waals surface area contributed by atoms with Crippen molar-refractivity contribution in [2.24, 2.45) is 5.73 Å². The lowest BCUT2D eigenvalue weighted by atomic mass is 9.97. The minimum atomic E-state index is -0.1000. The predicted octanol–water partition coefficient (Wildman–Crippen LogP) is 3.89. The molecule has 1 aromatic carbocycles. The molecule has 1 amide bonds. The molecule has 0 radical (unpaired) electrons. The third-order valence-corrected chi connectivity index (χ3v) is 5.97. The van der Waals surface area contributed by atoms with E-state index in [9.17, 15) is 4.79 Å². The van der Waals surface area contributed by atoms with Crippen LogP contribution in [0.4, 0.5) is 0 Å². The van der Waals surface area contributed by atoms with Crippen LogP contribution in [0.5, 0.6) is 0 Å². The van der Waals surface area contributed by atoms with Crippen molar-refractivity contribution in [2.45, 2.75) is 38.8 Å². The zero-order valence-corrected chi connectivity index (χ0v) is 18.3. The summed E-state index contributed by atoms with van der Waals surface area (Å²) in [6, 6.07) is 11.2. The third-order valence-electron chi connectivity index (χ3n) is 4.94. The SMILES string of the molecule is CC(C)c1ccc(C(CNC(=O)CN)N2CCc3sccc3C2)cc1.Cl.Cl. The second kappa shape index (κ2) is 11.0. The molecule has 3 rings (SSSR count). The quantitative estimate of drug-likeness (QED) is 0.731. The molecule has 2 aromatic rings. The van der Waals surface area contributed by atoms with Crippen molar-refractivity contribution in [1.29, 1.82) is 0 Å². The van der Waals surface area contributed by atoms with Crippen molar-refractivity contribution >= 4 is 42.1 Å². The average Bonchev–Trinajstić information content (AvgIpc) is 3.10. The van der Waals surface area contributed by atoms with E-state index in [0.29, 0.717) is 12.5 Å². The molecule has 1 unspecified atom stereocenters. The first-order valence-electron chi connectivity index (χ1n) is 8.94. The molecule has 7 heteroatoms. The molecule has 0 aliphatic carbocycles. The van der Waals surface area contributed by atoms with Gasteiger partial charge in [-0.15, -0.1) is 36.2 Å². The fourth-order valence-corrected chi connectivity index (χ4v) is 4.27. The number of nitrogens with two attached hydrogens (primary N) is 1. The number of nitrogens with zero attached hydrogens (tertiary/aromatic N) is 1. The normalized spacial score (nSPS) is 14.7. The van der Waals surface area contributed by atoms with Gasteiger partial charge in [0.1, 0.15) is 0 Å². The monoisotopic (exact) mass is 429 g/mol. The molecule has 0 fully saturated rings. The van der Waals surface area contributed by atoms with Gasteiger partial charge in [0.15, 0.2) is 0 Å². The standard InChI is InChI=1S/C20H27N3OS.2ClH/c1-14(2)15-3-5-16(6-4-15)18(12-22-20(24)11-21)23-9-7-19-17(13-23)8-10-25-19;;/h3-6,8,10,14,18H,7,9,11-13,21H2,1-2H3,(H,22,24);2*1H. The van der Waals surface area contributed by atoms with Gasteiger partial charge in [-0.05, 0) is 40.5 Å². The van der Waals surface area contributed by atoms with E-state index >= 15 is 0 Å². The van der Waals surface area contributed by atoms with Gasteiger partial charge in [0.25, 0.3) is 0 Å². The Bertz CT molecular complexity index is 718. The molecule has 0 saturated carbocycles. The summed E-state index contributed by atoms with van der Waals surface area (Å²) >= 11 is 1.85. The van der Waals surface area contributed by atoms with Crippen LogP contribution >= 0.6 is 36.2 Å². The molecule has 2 heterocycles. The molecule has 1 aromatic heterocycles. The van der Waals surface area contributed by atoms with Gasteiger partial charge >= 0.3 is 0 Å². The summed E-state index contributed by atoms with van der Waals surface area (Å²) in [7, 11) is 0. The van der Waals surface area contributed by atoms with Crippen LogP contribution in [0.15, 0.2) is 35.7 Å². The maximum absolute atomic E-state index is 11.7.